The van der Waals surface area contributed by atoms with Gasteiger partial charge in [-0.05, 0) is 32.2 Å². The number of aliphatic imine (C=N–C) groups is 1. The summed E-state index contributed by atoms with van der Waals surface area (Å²) in [6, 6.07) is 7.85. The minimum absolute atomic E-state index is 0.854. The molecular weight excluding hydrogens is 254 g/mol. The van der Waals surface area contributed by atoms with E-state index >= 15 is 0 Å². The van der Waals surface area contributed by atoms with Gasteiger partial charge in [0.05, 0.1) is 11.9 Å². The van der Waals surface area contributed by atoms with Crippen LogP contribution in [0.4, 0.5) is 5.69 Å². The zero-order chi connectivity index (χ0) is 13.8. The summed E-state index contributed by atoms with van der Waals surface area (Å²) >= 11 is 0. The maximum absolute atomic E-state index is 5.86. The van der Waals surface area contributed by atoms with Gasteiger partial charge in [-0.3, -0.25) is 4.99 Å². The van der Waals surface area contributed by atoms with Crippen molar-refractivity contribution in [2.45, 2.75) is 20.0 Å². The van der Waals surface area contributed by atoms with E-state index in [-0.39, 0.29) is 0 Å². The highest BCUT2D eigenvalue weighted by molar-refractivity contribution is 6.49. The van der Waals surface area contributed by atoms with Crippen molar-refractivity contribution in [3.8, 4) is 5.75 Å². The number of rotatable bonds is 4. The molecule has 0 radical (unpaired) electrons. The number of hydrogen-bond acceptors (Lipinski definition) is 3. The van der Waals surface area contributed by atoms with Crippen LogP contribution in [0.15, 0.2) is 35.5 Å². The first-order valence-electron chi connectivity index (χ1n) is 6.36. The highest BCUT2D eigenvalue weighted by atomic mass is 28.3. The van der Waals surface area contributed by atoms with Gasteiger partial charge in [-0.2, -0.15) is 0 Å². The van der Waals surface area contributed by atoms with Crippen LogP contribution in [0.5, 0.6) is 5.75 Å². The number of aromatic nitrogens is 2. The third-order valence-electron chi connectivity index (χ3n) is 2.69. The van der Waals surface area contributed by atoms with Gasteiger partial charge in [-0.1, -0.05) is 12.1 Å². The number of hydrogen-bond donors (Lipinski definition) is 0. The lowest BCUT2D eigenvalue weighted by Gasteiger charge is -2.10. The van der Waals surface area contributed by atoms with Crippen molar-refractivity contribution in [2.75, 3.05) is 0 Å². The van der Waals surface area contributed by atoms with Gasteiger partial charge in [-0.15, -0.1) is 0 Å². The van der Waals surface area contributed by atoms with E-state index in [1.165, 1.54) is 0 Å². The molecule has 2 aromatic rings. The van der Waals surface area contributed by atoms with Crippen molar-refractivity contribution >= 4 is 20.9 Å². The minimum Gasteiger partial charge on any atom is -0.546 e. The molecule has 0 spiro atoms. The Hall–Kier alpha value is -1.88. The van der Waals surface area contributed by atoms with Crippen LogP contribution in [0.25, 0.3) is 0 Å². The fourth-order valence-electron chi connectivity index (χ4n) is 1.70. The highest BCUT2D eigenvalue weighted by Gasteiger charge is 2.04. The molecular formula is C14H19N3OSi. The molecule has 0 saturated heterocycles. The lowest BCUT2D eigenvalue weighted by atomic mass is 10.3. The van der Waals surface area contributed by atoms with E-state index in [2.05, 4.69) is 23.1 Å². The number of benzene rings is 1. The Kier molecular flexibility index (Phi) is 4.16. The number of para-hydroxylation sites is 2. The van der Waals surface area contributed by atoms with Crippen molar-refractivity contribution in [1.82, 2.24) is 9.55 Å². The summed E-state index contributed by atoms with van der Waals surface area (Å²) in [5.74, 6) is 1.83. The summed E-state index contributed by atoms with van der Waals surface area (Å²) in [4.78, 5) is 8.88. The average Bonchev–Trinajstić information content (AvgIpc) is 2.67. The lowest BCUT2D eigenvalue weighted by molar-refractivity contribution is 0.582. The van der Waals surface area contributed by atoms with E-state index in [0.29, 0.717) is 0 Å². The predicted octanol–water partition coefficient (Wildman–Crippen LogP) is 2.84. The molecule has 1 heterocycles. The Labute approximate surface area is 115 Å². The zero-order valence-corrected chi connectivity index (χ0v) is 12.9. The van der Waals surface area contributed by atoms with Gasteiger partial charge in [0.15, 0.2) is 0 Å². The van der Waals surface area contributed by atoms with Gasteiger partial charge in [0.2, 0.25) is 9.04 Å². The molecule has 0 amide bonds. The molecule has 0 aliphatic rings. The van der Waals surface area contributed by atoms with Gasteiger partial charge in [-0.25, -0.2) is 4.98 Å². The minimum atomic E-state index is -1.12. The quantitative estimate of drug-likeness (QED) is 0.635. The number of aryl methyl sites for hydroxylation is 2. The van der Waals surface area contributed by atoms with Crippen LogP contribution >= 0.6 is 0 Å². The van der Waals surface area contributed by atoms with Crippen molar-refractivity contribution in [2.24, 2.45) is 12.0 Å². The summed E-state index contributed by atoms with van der Waals surface area (Å²) in [6.07, 6.45) is 3.73. The maximum atomic E-state index is 5.86. The number of imidazole rings is 1. The smallest absolute Gasteiger partial charge is 0.229 e. The normalized spacial score (nSPS) is 11.4. The molecule has 1 aromatic heterocycles. The van der Waals surface area contributed by atoms with E-state index in [4.69, 9.17) is 4.43 Å². The fourth-order valence-corrected chi connectivity index (χ4v) is 2.41. The Balaban J connectivity index is 2.23. The second-order valence-corrected chi connectivity index (χ2v) is 7.05. The summed E-state index contributed by atoms with van der Waals surface area (Å²) in [5, 5.41) is 0. The third-order valence-corrected chi connectivity index (χ3v) is 3.42. The highest BCUT2D eigenvalue weighted by Crippen LogP contribution is 2.27. The molecule has 5 heteroatoms. The van der Waals surface area contributed by atoms with E-state index in [9.17, 15) is 0 Å². The molecule has 1 aromatic carbocycles. The van der Waals surface area contributed by atoms with Gasteiger partial charge in [0.1, 0.15) is 17.3 Å². The maximum Gasteiger partial charge on any atom is 0.229 e. The molecule has 0 fully saturated rings. The van der Waals surface area contributed by atoms with Crippen molar-refractivity contribution in [3.63, 3.8) is 0 Å². The Morgan fingerprint density at radius 3 is 2.68 bits per heavy atom. The van der Waals surface area contributed by atoms with Crippen LogP contribution in [0.2, 0.25) is 13.1 Å². The Bertz CT molecular complexity index is 571. The first kappa shape index (κ1) is 13.5. The fraction of sp³-hybridized carbons (Fsp3) is 0.286. The summed E-state index contributed by atoms with van der Waals surface area (Å²) in [5.41, 5.74) is 1.71. The molecule has 0 aliphatic heterocycles. The van der Waals surface area contributed by atoms with Crippen LogP contribution in [0.1, 0.15) is 11.5 Å². The molecule has 0 aliphatic carbocycles. The molecule has 4 nitrogen and oxygen atoms in total. The van der Waals surface area contributed by atoms with Crippen LogP contribution in [0, 0.1) is 6.92 Å². The zero-order valence-electron chi connectivity index (χ0n) is 11.8. The first-order valence-corrected chi connectivity index (χ1v) is 9.14. The third kappa shape index (κ3) is 3.54. The van der Waals surface area contributed by atoms with Gasteiger partial charge >= 0.3 is 0 Å². The van der Waals surface area contributed by atoms with E-state index < -0.39 is 9.04 Å². The average molecular weight is 273 g/mol. The van der Waals surface area contributed by atoms with Crippen LogP contribution in [0.3, 0.4) is 0 Å². The van der Waals surface area contributed by atoms with E-state index in [0.717, 1.165) is 23.0 Å². The molecule has 0 unspecified atom stereocenters. The molecule has 19 heavy (non-hydrogen) atoms. The van der Waals surface area contributed by atoms with Crippen molar-refractivity contribution in [3.05, 3.63) is 42.0 Å². The summed E-state index contributed by atoms with van der Waals surface area (Å²) in [7, 11) is 0.852. The molecule has 0 atom stereocenters. The Morgan fingerprint density at radius 2 is 2.05 bits per heavy atom. The second kappa shape index (κ2) is 5.84. The van der Waals surface area contributed by atoms with Crippen molar-refractivity contribution in [1.29, 1.82) is 0 Å². The van der Waals surface area contributed by atoms with Gasteiger partial charge in [0.25, 0.3) is 0 Å². The molecule has 0 saturated carbocycles. The summed E-state index contributed by atoms with van der Waals surface area (Å²) < 4.78 is 7.84. The van der Waals surface area contributed by atoms with Crippen molar-refractivity contribution < 1.29 is 4.43 Å². The molecule has 2 rings (SSSR count). The van der Waals surface area contributed by atoms with Crippen LogP contribution in [-0.4, -0.2) is 24.8 Å². The number of nitrogens with zero attached hydrogens (tertiary/aromatic N) is 3. The summed E-state index contributed by atoms with van der Waals surface area (Å²) in [6.45, 7) is 6.25. The van der Waals surface area contributed by atoms with E-state index in [1.54, 1.807) is 6.21 Å². The second-order valence-electron chi connectivity index (χ2n) is 4.72. The Morgan fingerprint density at radius 1 is 1.32 bits per heavy atom. The SMILES string of the molecule is Cc1nc(C=Nc2ccccc2O[SiH](C)C)cn1C. The first-order chi connectivity index (χ1) is 9.06. The molecule has 0 N–H and O–H groups in total. The molecule has 0 bridgehead atoms. The largest absolute Gasteiger partial charge is 0.546 e. The lowest BCUT2D eigenvalue weighted by Crippen LogP contribution is -2.11. The predicted molar refractivity (Wildman–Crippen MR) is 81.1 cm³/mol. The monoisotopic (exact) mass is 273 g/mol. The molecule has 100 valence electrons. The van der Waals surface area contributed by atoms with Gasteiger partial charge < -0.3 is 8.99 Å². The van der Waals surface area contributed by atoms with Crippen LogP contribution in [-0.2, 0) is 7.05 Å². The van der Waals surface area contributed by atoms with E-state index in [1.807, 2.05) is 49.0 Å². The van der Waals surface area contributed by atoms with Crippen LogP contribution < -0.4 is 4.43 Å². The van der Waals surface area contributed by atoms with Gasteiger partial charge in [0, 0.05) is 13.2 Å². The topological polar surface area (TPSA) is 39.4 Å². The standard InChI is InChI=1S/C14H19N3OSi/c1-11-16-12(10-17(11)2)9-15-13-7-5-6-8-14(13)18-19(3)4/h5-10,19H,1-4H3.